The summed E-state index contributed by atoms with van der Waals surface area (Å²) in [5.74, 6) is -2.91. The van der Waals surface area contributed by atoms with Crippen LogP contribution in [0.3, 0.4) is 0 Å². The van der Waals surface area contributed by atoms with Crippen LogP contribution in [0.4, 0.5) is 10.3 Å². The minimum absolute atomic E-state index is 0.00847. The first-order chi connectivity index (χ1) is 19.8. The van der Waals surface area contributed by atoms with Gasteiger partial charge in [0.15, 0.2) is 5.82 Å². The highest BCUT2D eigenvalue weighted by Gasteiger charge is 2.54. The molecule has 0 unspecified atom stereocenters. The largest absolute Gasteiger partial charge is 0.465 e. The maximum absolute atomic E-state index is 13.8. The van der Waals surface area contributed by atoms with Crippen LogP contribution in [0.2, 0.25) is 0 Å². The van der Waals surface area contributed by atoms with Crippen molar-refractivity contribution in [2.45, 2.75) is 44.8 Å². The number of rotatable bonds is 8. The molecular formula is C29H33FN6O5. The van der Waals surface area contributed by atoms with Crippen LogP contribution in [0, 0.1) is 17.2 Å². The van der Waals surface area contributed by atoms with E-state index in [1.54, 1.807) is 31.3 Å². The van der Waals surface area contributed by atoms with E-state index in [9.17, 15) is 14.0 Å². The molecule has 2 aliphatic heterocycles. The number of piperidine rings is 1. The summed E-state index contributed by atoms with van der Waals surface area (Å²) in [7, 11) is 0. The second-order valence-electron chi connectivity index (χ2n) is 11.3. The van der Waals surface area contributed by atoms with Gasteiger partial charge in [-0.15, -0.1) is 0 Å². The third kappa shape index (κ3) is 5.41. The summed E-state index contributed by atoms with van der Waals surface area (Å²) in [6.07, 6.45) is 7.05. The molecule has 3 N–H and O–H groups in total. The van der Waals surface area contributed by atoms with Gasteiger partial charge in [0, 0.05) is 24.8 Å². The first-order valence-corrected chi connectivity index (χ1v) is 14.0. The molecule has 0 atom stereocenters. The van der Waals surface area contributed by atoms with Crippen molar-refractivity contribution in [3.8, 4) is 22.6 Å². The number of halogens is 1. The van der Waals surface area contributed by atoms with Crippen LogP contribution in [0.15, 0.2) is 36.5 Å². The van der Waals surface area contributed by atoms with E-state index in [2.05, 4.69) is 19.9 Å². The van der Waals surface area contributed by atoms with E-state index < -0.39 is 28.9 Å². The minimum atomic E-state index is -2.09. The van der Waals surface area contributed by atoms with Crippen LogP contribution >= 0.6 is 0 Å². The number of hydrogen-bond donors (Lipinski definition) is 2. The Bertz CT molecular complexity index is 1430. The third-order valence-corrected chi connectivity index (χ3v) is 7.82. The minimum Gasteiger partial charge on any atom is -0.465 e. The molecule has 1 aromatic carbocycles. The number of amides is 1. The second kappa shape index (κ2) is 10.8. The number of carbonyl (C=O) groups is 2. The van der Waals surface area contributed by atoms with Gasteiger partial charge < -0.3 is 29.8 Å². The van der Waals surface area contributed by atoms with Gasteiger partial charge in [-0.05, 0) is 75.3 Å². The number of esters is 1. The number of aromatic amines is 1. The number of anilines is 1. The topological polar surface area (TPSA) is 146 Å². The molecule has 0 spiro atoms. The summed E-state index contributed by atoms with van der Waals surface area (Å²) in [6.45, 7) is 3.39. The highest BCUT2D eigenvalue weighted by atomic mass is 19.1. The van der Waals surface area contributed by atoms with E-state index in [1.165, 1.54) is 18.6 Å². The number of imidazole rings is 1. The van der Waals surface area contributed by atoms with Crippen LogP contribution < -0.4 is 10.6 Å². The van der Waals surface area contributed by atoms with Gasteiger partial charge >= 0.3 is 11.8 Å². The smallest absolute Gasteiger partial charge is 0.316 e. The molecule has 11 nitrogen and oxygen atoms in total. The molecule has 12 heteroatoms. The lowest BCUT2D eigenvalue weighted by atomic mass is 9.91. The first-order valence-electron chi connectivity index (χ1n) is 14.0. The highest BCUT2D eigenvalue weighted by molar-refractivity contribution is 5.85. The standard InChI is InChI=1S/C29H33FN6O5/c1-28(26(38)39-15-18-5-6-18)16-40-29(24(31)37,41-17-28)25-34-22(19-7-9-20(30)10-8-19)23(35-25)21-11-12-32-27(33-21)36-13-3-2-4-14-36/h7-12,18H,2-6,13-17H2,1H3,(H2,31,37)(H,34,35). The normalized spacial score (nSPS) is 24.7. The molecule has 0 bridgehead atoms. The Morgan fingerprint density at radius 1 is 1.10 bits per heavy atom. The summed E-state index contributed by atoms with van der Waals surface area (Å²) in [4.78, 5) is 44.9. The van der Waals surface area contributed by atoms with E-state index in [-0.39, 0.29) is 19.0 Å². The van der Waals surface area contributed by atoms with Gasteiger partial charge in [-0.2, -0.15) is 0 Å². The van der Waals surface area contributed by atoms with E-state index in [0.29, 0.717) is 41.1 Å². The quantitative estimate of drug-likeness (QED) is 0.394. The van der Waals surface area contributed by atoms with Gasteiger partial charge in [0.2, 0.25) is 5.95 Å². The van der Waals surface area contributed by atoms with Crippen molar-refractivity contribution in [3.05, 3.63) is 48.2 Å². The van der Waals surface area contributed by atoms with E-state index in [0.717, 1.165) is 38.8 Å². The number of carbonyl (C=O) groups excluding carboxylic acids is 2. The summed E-state index contributed by atoms with van der Waals surface area (Å²) < 4.78 is 31.2. The number of nitrogens with one attached hydrogen (secondary N) is 1. The monoisotopic (exact) mass is 564 g/mol. The Morgan fingerprint density at radius 2 is 1.80 bits per heavy atom. The molecule has 41 heavy (non-hydrogen) atoms. The molecule has 3 fully saturated rings. The zero-order valence-electron chi connectivity index (χ0n) is 22.9. The third-order valence-electron chi connectivity index (χ3n) is 7.82. The predicted octanol–water partition coefficient (Wildman–Crippen LogP) is 3.31. The Balaban J connectivity index is 1.35. The zero-order valence-corrected chi connectivity index (χ0v) is 22.9. The first kappa shape index (κ1) is 27.3. The van der Waals surface area contributed by atoms with Crippen molar-refractivity contribution in [1.82, 2.24) is 19.9 Å². The highest BCUT2D eigenvalue weighted by Crippen LogP contribution is 2.40. The summed E-state index contributed by atoms with van der Waals surface area (Å²) in [6, 6.07) is 7.53. The van der Waals surface area contributed by atoms with Gasteiger partial charge in [-0.1, -0.05) is 0 Å². The van der Waals surface area contributed by atoms with Gasteiger partial charge in [-0.3, -0.25) is 9.59 Å². The molecule has 3 aromatic rings. The Hall–Kier alpha value is -3.90. The fourth-order valence-corrected chi connectivity index (χ4v) is 5.04. The lowest BCUT2D eigenvalue weighted by molar-refractivity contribution is -0.293. The molecule has 1 saturated carbocycles. The van der Waals surface area contributed by atoms with Gasteiger partial charge in [0.1, 0.15) is 11.2 Å². The SMILES string of the molecule is CC1(C(=O)OCC2CC2)COC(C(N)=O)(c2nc(-c3ccc(F)cc3)c(-c3ccnc(N4CCCCC4)n3)[nH]2)OC1. The van der Waals surface area contributed by atoms with E-state index >= 15 is 0 Å². The number of benzene rings is 1. The number of primary amides is 1. The number of H-pyrrole nitrogens is 1. The predicted molar refractivity (Wildman–Crippen MR) is 146 cm³/mol. The average Bonchev–Trinajstić information content (AvgIpc) is 3.72. The molecule has 6 rings (SSSR count). The van der Waals surface area contributed by atoms with E-state index in [4.69, 9.17) is 24.9 Å². The molecule has 3 aliphatic rings. The molecular weight excluding hydrogens is 531 g/mol. The maximum atomic E-state index is 13.8. The summed E-state index contributed by atoms with van der Waals surface area (Å²) >= 11 is 0. The zero-order chi connectivity index (χ0) is 28.6. The van der Waals surface area contributed by atoms with Crippen molar-refractivity contribution in [3.63, 3.8) is 0 Å². The molecule has 1 amide bonds. The van der Waals surface area contributed by atoms with Crippen LogP contribution in [-0.2, 0) is 29.6 Å². The number of nitrogens with two attached hydrogens (primary N) is 1. The lowest BCUT2D eigenvalue weighted by Gasteiger charge is -2.40. The number of nitrogens with zero attached hydrogens (tertiary/aromatic N) is 4. The second-order valence-corrected chi connectivity index (χ2v) is 11.3. The Labute approximate surface area is 236 Å². The molecule has 0 radical (unpaired) electrons. The van der Waals surface area contributed by atoms with Gasteiger partial charge in [-0.25, -0.2) is 19.3 Å². The van der Waals surface area contributed by atoms with Gasteiger partial charge in [0.25, 0.3) is 5.91 Å². The summed E-state index contributed by atoms with van der Waals surface area (Å²) in [5.41, 5.74) is 6.65. The fraction of sp³-hybridized carbons (Fsp3) is 0.483. The van der Waals surface area contributed by atoms with Crippen LogP contribution in [0.5, 0.6) is 0 Å². The molecule has 1 aliphatic carbocycles. The van der Waals surface area contributed by atoms with Crippen molar-refractivity contribution in [1.29, 1.82) is 0 Å². The van der Waals surface area contributed by atoms with Crippen LogP contribution in [0.25, 0.3) is 22.6 Å². The van der Waals surface area contributed by atoms with Crippen molar-refractivity contribution in [2.24, 2.45) is 17.1 Å². The van der Waals surface area contributed by atoms with Crippen molar-refractivity contribution >= 4 is 17.8 Å². The van der Waals surface area contributed by atoms with Crippen molar-refractivity contribution < 1.29 is 28.2 Å². The van der Waals surface area contributed by atoms with Crippen LogP contribution in [0.1, 0.15) is 44.9 Å². The number of ether oxygens (including phenoxy) is 3. The van der Waals surface area contributed by atoms with Crippen molar-refractivity contribution in [2.75, 3.05) is 37.8 Å². The number of hydrogen-bond acceptors (Lipinski definition) is 9. The number of aromatic nitrogens is 4. The van der Waals surface area contributed by atoms with Gasteiger partial charge in [0.05, 0.1) is 36.9 Å². The lowest BCUT2D eigenvalue weighted by Crippen LogP contribution is -2.56. The Kier molecular flexibility index (Phi) is 7.20. The molecule has 2 saturated heterocycles. The molecule has 216 valence electrons. The average molecular weight is 565 g/mol. The molecule has 4 heterocycles. The summed E-state index contributed by atoms with van der Waals surface area (Å²) in [5, 5.41) is 0. The fourth-order valence-electron chi connectivity index (χ4n) is 5.04. The maximum Gasteiger partial charge on any atom is 0.316 e. The Morgan fingerprint density at radius 3 is 2.46 bits per heavy atom. The molecule has 2 aromatic heterocycles. The van der Waals surface area contributed by atoms with Crippen LogP contribution in [-0.4, -0.2) is 64.7 Å². The van der Waals surface area contributed by atoms with E-state index in [1.807, 2.05) is 0 Å².